The van der Waals surface area contributed by atoms with Crippen molar-refractivity contribution < 1.29 is 23.9 Å². The molecule has 4 amide bonds. The molecule has 0 unspecified atom stereocenters. The lowest BCUT2D eigenvalue weighted by Gasteiger charge is -2.26. The largest absolute Gasteiger partial charge is 0.465 e. The molecule has 2 heterocycles. The van der Waals surface area contributed by atoms with Crippen LogP contribution in [0.3, 0.4) is 0 Å². The lowest BCUT2D eigenvalue weighted by Crippen LogP contribution is -2.54. The van der Waals surface area contributed by atoms with Crippen molar-refractivity contribution in [2.45, 2.75) is 20.8 Å². The third-order valence-electron chi connectivity index (χ3n) is 5.82. The van der Waals surface area contributed by atoms with Gasteiger partial charge < -0.3 is 9.30 Å². The molecule has 178 valence electrons. The molecule has 2 aromatic carbocycles. The van der Waals surface area contributed by atoms with Crippen molar-refractivity contribution >= 4 is 51.5 Å². The average Bonchev–Trinajstić information content (AvgIpc) is 3.11. The van der Waals surface area contributed by atoms with Gasteiger partial charge in [0, 0.05) is 21.5 Å². The Morgan fingerprint density at radius 2 is 1.63 bits per heavy atom. The van der Waals surface area contributed by atoms with Gasteiger partial charge in [0.15, 0.2) is 0 Å². The van der Waals surface area contributed by atoms with Gasteiger partial charge in [0.2, 0.25) is 0 Å². The third kappa shape index (κ3) is 4.42. The Bertz CT molecular complexity index is 1420. The van der Waals surface area contributed by atoms with Crippen molar-refractivity contribution in [3.05, 3.63) is 86.7 Å². The monoisotopic (exact) mass is 535 g/mol. The fourth-order valence-electron chi connectivity index (χ4n) is 4.01. The molecule has 1 fully saturated rings. The third-order valence-corrected chi connectivity index (χ3v) is 6.71. The minimum Gasteiger partial charge on any atom is -0.465 e. The first-order valence-corrected chi connectivity index (χ1v) is 11.5. The number of nitrogens with one attached hydrogen (secondary N) is 1. The first-order chi connectivity index (χ1) is 16.6. The number of aryl methyl sites for hydroxylation is 2. The summed E-state index contributed by atoms with van der Waals surface area (Å²) >= 11 is 3.41. The van der Waals surface area contributed by atoms with Crippen molar-refractivity contribution in [2.24, 2.45) is 0 Å². The summed E-state index contributed by atoms with van der Waals surface area (Å²) in [5.74, 6) is -1.88. The number of urea groups is 1. The quantitative estimate of drug-likeness (QED) is 0.298. The Kier molecular flexibility index (Phi) is 6.45. The van der Waals surface area contributed by atoms with E-state index in [1.165, 1.54) is 13.2 Å². The van der Waals surface area contributed by atoms with Crippen LogP contribution in [-0.2, 0) is 14.3 Å². The number of anilines is 1. The number of rotatable bonds is 4. The second-order valence-corrected chi connectivity index (χ2v) is 8.95. The van der Waals surface area contributed by atoms with Crippen LogP contribution < -0.4 is 10.2 Å². The lowest BCUT2D eigenvalue weighted by molar-refractivity contribution is -0.122. The van der Waals surface area contributed by atoms with Crippen LogP contribution in [0.25, 0.3) is 11.8 Å². The van der Waals surface area contributed by atoms with E-state index in [1.54, 1.807) is 42.5 Å². The molecule has 3 aromatic rings. The van der Waals surface area contributed by atoms with Crippen LogP contribution in [0.4, 0.5) is 10.5 Å². The van der Waals surface area contributed by atoms with E-state index >= 15 is 0 Å². The van der Waals surface area contributed by atoms with E-state index in [4.69, 9.17) is 4.74 Å². The second kappa shape index (κ2) is 9.34. The van der Waals surface area contributed by atoms with Crippen molar-refractivity contribution in [1.29, 1.82) is 0 Å². The standard InChI is InChI=1S/C26H22BrN3O5/c1-14-11-20(9-10-22(14)27)30-24(32)21(23(31)28-26(30)34)13-18-12-15(2)29(16(18)3)19-7-5-17(6-8-19)25(33)35-4/h5-13H,1-4H3,(H,28,31,34)/b21-13+. The number of halogens is 1. The molecule has 0 atom stereocenters. The Balaban J connectivity index is 1.72. The molecule has 0 spiro atoms. The Hall–Kier alpha value is -3.98. The number of nitrogens with zero attached hydrogens (tertiary/aromatic N) is 2. The highest BCUT2D eigenvalue weighted by molar-refractivity contribution is 9.10. The molecule has 1 aliphatic rings. The van der Waals surface area contributed by atoms with Gasteiger partial charge in [-0.05, 0) is 86.5 Å². The number of esters is 1. The predicted molar refractivity (Wildman–Crippen MR) is 134 cm³/mol. The summed E-state index contributed by atoms with van der Waals surface area (Å²) in [5.41, 5.74) is 4.59. The summed E-state index contributed by atoms with van der Waals surface area (Å²) < 4.78 is 7.53. The van der Waals surface area contributed by atoms with Crippen LogP contribution in [0.1, 0.15) is 32.9 Å². The van der Waals surface area contributed by atoms with E-state index < -0.39 is 23.8 Å². The molecule has 0 saturated carbocycles. The number of carbonyl (C=O) groups is 4. The topological polar surface area (TPSA) is 97.7 Å². The minimum absolute atomic E-state index is 0.147. The highest BCUT2D eigenvalue weighted by atomic mass is 79.9. The predicted octanol–water partition coefficient (Wildman–Crippen LogP) is 4.62. The Morgan fingerprint density at radius 1 is 0.971 bits per heavy atom. The fourth-order valence-corrected chi connectivity index (χ4v) is 4.26. The molecule has 1 N–H and O–H groups in total. The maximum absolute atomic E-state index is 13.3. The van der Waals surface area contributed by atoms with Crippen molar-refractivity contribution in [1.82, 2.24) is 9.88 Å². The van der Waals surface area contributed by atoms with Gasteiger partial charge in [-0.2, -0.15) is 0 Å². The molecular weight excluding hydrogens is 514 g/mol. The maximum atomic E-state index is 13.3. The smallest absolute Gasteiger partial charge is 0.337 e. The van der Waals surface area contributed by atoms with Gasteiger partial charge >= 0.3 is 12.0 Å². The Labute approximate surface area is 210 Å². The highest BCUT2D eigenvalue weighted by Gasteiger charge is 2.37. The molecule has 1 aromatic heterocycles. The molecule has 4 rings (SSSR count). The van der Waals surface area contributed by atoms with Gasteiger partial charge in [0.1, 0.15) is 5.57 Å². The van der Waals surface area contributed by atoms with Crippen LogP contribution in [0, 0.1) is 20.8 Å². The van der Waals surface area contributed by atoms with E-state index in [9.17, 15) is 19.2 Å². The zero-order valence-electron chi connectivity index (χ0n) is 19.5. The average molecular weight is 536 g/mol. The van der Waals surface area contributed by atoms with E-state index in [1.807, 2.05) is 31.4 Å². The van der Waals surface area contributed by atoms with Crippen LogP contribution >= 0.6 is 15.9 Å². The van der Waals surface area contributed by atoms with Gasteiger partial charge in [0.05, 0.1) is 18.4 Å². The van der Waals surface area contributed by atoms with Crippen molar-refractivity contribution in [2.75, 3.05) is 12.0 Å². The number of imide groups is 2. The van der Waals surface area contributed by atoms with Gasteiger partial charge in [-0.1, -0.05) is 15.9 Å². The zero-order valence-corrected chi connectivity index (χ0v) is 21.1. The lowest BCUT2D eigenvalue weighted by atomic mass is 10.1. The first kappa shape index (κ1) is 24.2. The number of amides is 4. The fraction of sp³-hybridized carbons (Fsp3) is 0.154. The Morgan fingerprint density at radius 3 is 2.26 bits per heavy atom. The normalized spacial score (nSPS) is 14.9. The molecule has 1 saturated heterocycles. The summed E-state index contributed by atoms with van der Waals surface area (Å²) in [4.78, 5) is 51.1. The number of methoxy groups -OCH3 is 1. The van der Waals surface area contributed by atoms with Crippen LogP contribution in [-0.4, -0.2) is 35.5 Å². The maximum Gasteiger partial charge on any atom is 0.337 e. The number of carbonyl (C=O) groups excluding carboxylic acids is 4. The summed E-state index contributed by atoms with van der Waals surface area (Å²) in [6, 6.07) is 13.0. The molecule has 0 radical (unpaired) electrons. The highest BCUT2D eigenvalue weighted by Crippen LogP contribution is 2.28. The molecular formula is C26H22BrN3O5. The van der Waals surface area contributed by atoms with Crippen molar-refractivity contribution in [3.63, 3.8) is 0 Å². The number of hydrogen-bond donors (Lipinski definition) is 1. The summed E-state index contributed by atoms with van der Waals surface area (Å²) in [5, 5.41) is 2.25. The number of hydrogen-bond acceptors (Lipinski definition) is 5. The van der Waals surface area contributed by atoms with E-state index in [-0.39, 0.29) is 5.57 Å². The van der Waals surface area contributed by atoms with Crippen molar-refractivity contribution in [3.8, 4) is 5.69 Å². The molecule has 8 nitrogen and oxygen atoms in total. The van der Waals surface area contributed by atoms with E-state index in [0.29, 0.717) is 16.8 Å². The second-order valence-electron chi connectivity index (χ2n) is 8.09. The van der Waals surface area contributed by atoms with Gasteiger partial charge in [-0.3, -0.25) is 14.9 Å². The summed E-state index contributed by atoms with van der Waals surface area (Å²) in [6.07, 6.45) is 1.49. The minimum atomic E-state index is -0.796. The van der Waals surface area contributed by atoms with Gasteiger partial charge in [0.25, 0.3) is 11.8 Å². The van der Waals surface area contributed by atoms with E-state index in [2.05, 4.69) is 21.2 Å². The molecule has 35 heavy (non-hydrogen) atoms. The van der Waals surface area contributed by atoms with Crippen LogP contribution in [0.15, 0.2) is 58.6 Å². The first-order valence-electron chi connectivity index (χ1n) is 10.7. The molecule has 0 bridgehead atoms. The summed E-state index contributed by atoms with van der Waals surface area (Å²) in [6.45, 7) is 5.60. The van der Waals surface area contributed by atoms with E-state index in [0.717, 1.165) is 32.0 Å². The van der Waals surface area contributed by atoms with Gasteiger partial charge in [-0.15, -0.1) is 0 Å². The number of aromatic nitrogens is 1. The van der Waals surface area contributed by atoms with Crippen LogP contribution in [0.2, 0.25) is 0 Å². The SMILES string of the molecule is COC(=O)c1ccc(-n2c(C)cc(/C=C3\C(=O)NC(=O)N(c4ccc(Br)c(C)c4)C3=O)c2C)cc1. The molecule has 0 aliphatic carbocycles. The number of ether oxygens (including phenoxy) is 1. The zero-order chi connectivity index (χ0) is 25.4. The molecule has 9 heteroatoms. The van der Waals surface area contributed by atoms with Crippen LogP contribution in [0.5, 0.6) is 0 Å². The summed E-state index contributed by atoms with van der Waals surface area (Å²) in [7, 11) is 1.32. The number of benzene rings is 2. The van der Waals surface area contributed by atoms with Gasteiger partial charge in [-0.25, -0.2) is 14.5 Å². The number of barbiturate groups is 1. The molecule has 1 aliphatic heterocycles.